The fourth-order valence-corrected chi connectivity index (χ4v) is 3.20. The summed E-state index contributed by atoms with van der Waals surface area (Å²) in [6.45, 7) is 4.02. The molecule has 1 saturated heterocycles. The van der Waals surface area contributed by atoms with Gasteiger partial charge in [0.1, 0.15) is 5.75 Å². The lowest BCUT2D eigenvalue weighted by Gasteiger charge is -2.22. The molecule has 0 saturated carbocycles. The quantitative estimate of drug-likeness (QED) is 0.928. The van der Waals surface area contributed by atoms with Gasteiger partial charge in [-0.2, -0.15) is 0 Å². The molecule has 0 aromatic heterocycles. The molecule has 0 atom stereocenters. The summed E-state index contributed by atoms with van der Waals surface area (Å²) in [6, 6.07) is 14.9. The van der Waals surface area contributed by atoms with E-state index in [1.165, 1.54) is 17.7 Å². The fourth-order valence-electron chi connectivity index (χ4n) is 3.02. The van der Waals surface area contributed by atoms with Crippen LogP contribution in [0.25, 0.3) is 0 Å². The van der Waals surface area contributed by atoms with Gasteiger partial charge in [-0.15, -0.1) is 0 Å². The zero-order valence-electron chi connectivity index (χ0n) is 13.5. The van der Waals surface area contributed by atoms with E-state index in [0.717, 1.165) is 26.1 Å². The maximum absolute atomic E-state index is 12.7. The number of hydrogen-bond donors (Lipinski definition) is 1. The largest absolute Gasteiger partial charge is 0.507 e. The summed E-state index contributed by atoms with van der Waals surface area (Å²) in [4.78, 5) is 16.8. The number of rotatable bonds is 3. The summed E-state index contributed by atoms with van der Waals surface area (Å²) >= 11 is 5.96. The van der Waals surface area contributed by atoms with Crippen LogP contribution in [0.3, 0.4) is 0 Å². The molecule has 0 bridgehead atoms. The van der Waals surface area contributed by atoms with Crippen LogP contribution in [-0.2, 0) is 6.54 Å². The van der Waals surface area contributed by atoms with E-state index in [4.69, 9.17) is 11.6 Å². The Labute approximate surface area is 147 Å². The minimum absolute atomic E-state index is 0.0187. The van der Waals surface area contributed by atoms with Crippen molar-refractivity contribution in [3.8, 4) is 5.75 Å². The van der Waals surface area contributed by atoms with Crippen molar-refractivity contribution in [2.45, 2.75) is 13.0 Å². The molecule has 24 heavy (non-hydrogen) atoms. The Kier molecular flexibility index (Phi) is 5.38. The molecule has 1 aliphatic heterocycles. The molecule has 3 rings (SSSR count). The van der Waals surface area contributed by atoms with Gasteiger partial charge >= 0.3 is 0 Å². The molecule has 0 aliphatic carbocycles. The number of nitrogens with zero attached hydrogens (tertiary/aromatic N) is 2. The SMILES string of the molecule is O=C(c1cc(Cl)ccc1O)N1CCCN(Cc2ccccc2)CC1. The van der Waals surface area contributed by atoms with Gasteiger partial charge in [0.2, 0.25) is 0 Å². The Balaban J connectivity index is 1.65. The van der Waals surface area contributed by atoms with Crippen LogP contribution in [0.15, 0.2) is 48.5 Å². The van der Waals surface area contributed by atoms with E-state index >= 15 is 0 Å². The highest BCUT2D eigenvalue weighted by Crippen LogP contribution is 2.23. The van der Waals surface area contributed by atoms with Crippen LogP contribution in [0.4, 0.5) is 0 Å². The van der Waals surface area contributed by atoms with Crippen LogP contribution in [0.5, 0.6) is 5.75 Å². The Bertz CT molecular complexity index is 706. The van der Waals surface area contributed by atoms with Crippen molar-refractivity contribution in [3.05, 3.63) is 64.7 Å². The van der Waals surface area contributed by atoms with Gasteiger partial charge in [0, 0.05) is 37.7 Å². The number of amides is 1. The summed E-state index contributed by atoms with van der Waals surface area (Å²) in [5.74, 6) is -0.175. The standard InChI is InChI=1S/C19H21ClN2O2/c20-16-7-8-18(23)17(13-16)19(24)22-10-4-9-21(11-12-22)14-15-5-2-1-3-6-15/h1-3,5-8,13,23H,4,9-12,14H2. The van der Waals surface area contributed by atoms with E-state index < -0.39 is 0 Å². The van der Waals surface area contributed by atoms with Crippen molar-refractivity contribution in [1.82, 2.24) is 9.80 Å². The van der Waals surface area contributed by atoms with Gasteiger partial charge in [-0.25, -0.2) is 0 Å². The molecule has 1 fully saturated rings. The maximum atomic E-state index is 12.7. The van der Waals surface area contributed by atoms with Crippen LogP contribution in [0.1, 0.15) is 22.3 Å². The fraction of sp³-hybridized carbons (Fsp3) is 0.316. The van der Waals surface area contributed by atoms with Gasteiger partial charge in [-0.05, 0) is 30.2 Å². The molecular weight excluding hydrogens is 324 g/mol. The van der Waals surface area contributed by atoms with Crippen LogP contribution < -0.4 is 0 Å². The third kappa shape index (κ3) is 4.08. The highest BCUT2D eigenvalue weighted by Gasteiger charge is 2.22. The number of benzene rings is 2. The summed E-state index contributed by atoms with van der Waals surface area (Å²) in [5.41, 5.74) is 1.56. The number of halogens is 1. The molecule has 2 aromatic carbocycles. The summed E-state index contributed by atoms with van der Waals surface area (Å²) < 4.78 is 0. The predicted molar refractivity (Wildman–Crippen MR) is 95.4 cm³/mol. The van der Waals surface area contributed by atoms with Crippen LogP contribution in [-0.4, -0.2) is 47.0 Å². The summed E-state index contributed by atoms with van der Waals surface area (Å²) in [7, 11) is 0. The number of hydrogen-bond acceptors (Lipinski definition) is 3. The minimum Gasteiger partial charge on any atom is -0.507 e. The summed E-state index contributed by atoms with van der Waals surface area (Å²) in [5, 5.41) is 10.4. The Morgan fingerprint density at radius 2 is 1.83 bits per heavy atom. The molecule has 4 nitrogen and oxygen atoms in total. The first-order chi connectivity index (χ1) is 11.6. The van der Waals surface area contributed by atoms with Gasteiger partial charge in [0.05, 0.1) is 5.56 Å². The van der Waals surface area contributed by atoms with Crippen molar-refractivity contribution in [1.29, 1.82) is 0 Å². The molecule has 1 N–H and O–H groups in total. The maximum Gasteiger partial charge on any atom is 0.257 e. The lowest BCUT2D eigenvalue weighted by molar-refractivity contribution is 0.0758. The third-order valence-corrected chi connectivity index (χ3v) is 4.55. The van der Waals surface area contributed by atoms with Gasteiger partial charge in [0.15, 0.2) is 0 Å². The van der Waals surface area contributed by atoms with Crippen LogP contribution in [0.2, 0.25) is 5.02 Å². The van der Waals surface area contributed by atoms with Crippen molar-refractivity contribution >= 4 is 17.5 Å². The van der Waals surface area contributed by atoms with Crippen molar-refractivity contribution in [2.75, 3.05) is 26.2 Å². The van der Waals surface area contributed by atoms with Crippen LogP contribution in [0, 0.1) is 0 Å². The highest BCUT2D eigenvalue weighted by molar-refractivity contribution is 6.31. The van der Waals surface area contributed by atoms with E-state index in [0.29, 0.717) is 18.1 Å². The molecule has 5 heteroatoms. The van der Waals surface area contributed by atoms with Gasteiger partial charge in [-0.1, -0.05) is 41.9 Å². The first-order valence-corrected chi connectivity index (χ1v) is 8.55. The van der Waals surface area contributed by atoms with E-state index in [2.05, 4.69) is 17.0 Å². The number of aromatic hydroxyl groups is 1. The lowest BCUT2D eigenvalue weighted by atomic mass is 10.1. The molecule has 0 spiro atoms. The Morgan fingerprint density at radius 1 is 1.04 bits per heavy atom. The van der Waals surface area contributed by atoms with Crippen LogP contribution >= 0.6 is 11.6 Å². The second-order valence-electron chi connectivity index (χ2n) is 6.07. The minimum atomic E-state index is -0.156. The Morgan fingerprint density at radius 3 is 2.62 bits per heavy atom. The smallest absolute Gasteiger partial charge is 0.257 e. The molecule has 126 valence electrons. The van der Waals surface area contributed by atoms with Gasteiger partial charge in [-0.3, -0.25) is 9.69 Å². The first-order valence-electron chi connectivity index (χ1n) is 8.17. The average molecular weight is 345 g/mol. The molecule has 1 aliphatic rings. The zero-order valence-corrected chi connectivity index (χ0v) is 14.2. The third-order valence-electron chi connectivity index (χ3n) is 4.31. The van der Waals surface area contributed by atoms with E-state index in [9.17, 15) is 9.90 Å². The monoisotopic (exact) mass is 344 g/mol. The normalized spacial score (nSPS) is 16.0. The van der Waals surface area contributed by atoms with E-state index in [1.54, 1.807) is 11.0 Å². The second kappa shape index (κ2) is 7.69. The number of carbonyl (C=O) groups excluding carboxylic acids is 1. The molecular formula is C19H21ClN2O2. The number of phenols is 1. The van der Waals surface area contributed by atoms with E-state index in [1.807, 2.05) is 18.2 Å². The lowest BCUT2D eigenvalue weighted by Crippen LogP contribution is -2.35. The predicted octanol–water partition coefficient (Wildman–Crippen LogP) is 3.39. The van der Waals surface area contributed by atoms with E-state index in [-0.39, 0.29) is 17.2 Å². The molecule has 2 aromatic rings. The molecule has 0 radical (unpaired) electrons. The molecule has 1 amide bonds. The Hall–Kier alpha value is -2.04. The topological polar surface area (TPSA) is 43.8 Å². The summed E-state index contributed by atoms with van der Waals surface area (Å²) in [6.07, 6.45) is 0.917. The van der Waals surface area contributed by atoms with Crippen molar-refractivity contribution in [3.63, 3.8) is 0 Å². The first kappa shape index (κ1) is 16.8. The van der Waals surface area contributed by atoms with Gasteiger partial charge < -0.3 is 10.0 Å². The number of phenolic OH excluding ortho intramolecular Hbond substituents is 1. The second-order valence-corrected chi connectivity index (χ2v) is 6.51. The average Bonchev–Trinajstić information content (AvgIpc) is 2.83. The van der Waals surface area contributed by atoms with Crippen molar-refractivity contribution < 1.29 is 9.90 Å². The zero-order chi connectivity index (χ0) is 16.9. The number of carbonyl (C=O) groups is 1. The van der Waals surface area contributed by atoms with Crippen molar-refractivity contribution in [2.24, 2.45) is 0 Å². The molecule has 1 heterocycles. The van der Waals surface area contributed by atoms with Gasteiger partial charge in [0.25, 0.3) is 5.91 Å². The highest BCUT2D eigenvalue weighted by atomic mass is 35.5. The molecule has 0 unspecified atom stereocenters.